The van der Waals surface area contributed by atoms with Crippen molar-refractivity contribution < 1.29 is 9.53 Å². The Morgan fingerprint density at radius 1 is 1.06 bits per heavy atom. The van der Waals surface area contributed by atoms with Gasteiger partial charge in [0, 0.05) is 30.2 Å². The average molecular weight is 453 g/mol. The summed E-state index contributed by atoms with van der Waals surface area (Å²) >= 11 is 6.06. The van der Waals surface area contributed by atoms with Crippen molar-refractivity contribution in [2.24, 2.45) is 0 Å². The zero-order valence-corrected chi connectivity index (χ0v) is 19.4. The maximum absolute atomic E-state index is 13.1. The molecule has 0 aliphatic carbocycles. The first kappa shape index (κ1) is 22.5. The van der Waals surface area contributed by atoms with E-state index < -0.39 is 0 Å². The predicted molar refractivity (Wildman–Crippen MR) is 128 cm³/mol. The third kappa shape index (κ3) is 5.38. The maximum atomic E-state index is 13.1. The summed E-state index contributed by atoms with van der Waals surface area (Å²) in [6, 6.07) is 15.4. The summed E-state index contributed by atoms with van der Waals surface area (Å²) < 4.78 is 7.08. The lowest BCUT2D eigenvalue weighted by Crippen LogP contribution is -2.38. The highest BCUT2D eigenvalue weighted by atomic mass is 35.5. The molecule has 0 bridgehead atoms. The quantitative estimate of drug-likeness (QED) is 0.544. The van der Waals surface area contributed by atoms with Gasteiger partial charge in [-0.25, -0.2) is 4.68 Å². The number of amides is 1. The van der Waals surface area contributed by atoms with Crippen LogP contribution in [0.2, 0.25) is 5.02 Å². The van der Waals surface area contributed by atoms with E-state index >= 15 is 0 Å². The van der Waals surface area contributed by atoms with Crippen LogP contribution in [0.25, 0.3) is 16.9 Å². The smallest absolute Gasteiger partial charge is 0.270 e. The van der Waals surface area contributed by atoms with Gasteiger partial charge in [-0.05, 0) is 74.3 Å². The number of hydrogen-bond donors (Lipinski definition) is 1. The summed E-state index contributed by atoms with van der Waals surface area (Å²) in [7, 11) is 0. The molecule has 168 valence electrons. The molecule has 6 nitrogen and oxygen atoms in total. The first-order valence-electron chi connectivity index (χ1n) is 11.0. The second kappa shape index (κ2) is 10.3. The van der Waals surface area contributed by atoms with Gasteiger partial charge in [-0.2, -0.15) is 5.10 Å². The second-order valence-corrected chi connectivity index (χ2v) is 8.60. The molecule has 1 aliphatic rings. The molecule has 2 heterocycles. The van der Waals surface area contributed by atoms with E-state index in [0.717, 1.165) is 56.2 Å². The van der Waals surface area contributed by atoms with Crippen LogP contribution >= 0.6 is 11.6 Å². The van der Waals surface area contributed by atoms with Crippen LogP contribution in [-0.2, 0) is 4.74 Å². The van der Waals surface area contributed by atoms with Crippen molar-refractivity contribution in [3.63, 3.8) is 0 Å². The largest absolute Gasteiger partial charge is 0.379 e. The molecule has 1 fully saturated rings. The lowest BCUT2D eigenvalue weighted by molar-refractivity contribution is 0.0374. The lowest BCUT2D eigenvalue weighted by Gasteiger charge is -2.26. The van der Waals surface area contributed by atoms with E-state index in [-0.39, 0.29) is 5.91 Å². The normalized spacial score (nSPS) is 14.5. The van der Waals surface area contributed by atoms with Crippen LogP contribution in [0.5, 0.6) is 0 Å². The third-order valence-corrected chi connectivity index (χ3v) is 6.11. The Kier molecular flexibility index (Phi) is 7.25. The summed E-state index contributed by atoms with van der Waals surface area (Å²) in [6.45, 7) is 9.21. The number of aromatic nitrogens is 2. The molecule has 0 unspecified atom stereocenters. The van der Waals surface area contributed by atoms with Crippen molar-refractivity contribution in [3.05, 3.63) is 70.4 Å². The molecule has 0 spiro atoms. The van der Waals surface area contributed by atoms with E-state index in [1.54, 1.807) is 16.8 Å². The topological polar surface area (TPSA) is 59.4 Å². The monoisotopic (exact) mass is 452 g/mol. The minimum Gasteiger partial charge on any atom is -0.379 e. The molecule has 32 heavy (non-hydrogen) atoms. The van der Waals surface area contributed by atoms with Crippen LogP contribution in [0.4, 0.5) is 0 Å². The van der Waals surface area contributed by atoms with E-state index in [1.807, 2.05) is 24.3 Å². The van der Waals surface area contributed by atoms with E-state index in [0.29, 0.717) is 17.3 Å². The van der Waals surface area contributed by atoms with Gasteiger partial charge in [0.2, 0.25) is 0 Å². The Morgan fingerprint density at radius 2 is 1.81 bits per heavy atom. The van der Waals surface area contributed by atoms with Gasteiger partial charge in [0.25, 0.3) is 5.91 Å². The number of hydrogen-bond acceptors (Lipinski definition) is 4. The number of morpholine rings is 1. The summed E-state index contributed by atoms with van der Waals surface area (Å²) in [5.74, 6) is -0.135. The van der Waals surface area contributed by atoms with Crippen LogP contribution < -0.4 is 5.32 Å². The number of nitrogens with zero attached hydrogens (tertiary/aromatic N) is 3. The van der Waals surface area contributed by atoms with Crippen molar-refractivity contribution in [1.29, 1.82) is 0 Å². The number of carbonyl (C=O) groups excluding carboxylic acids is 1. The highest BCUT2D eigenvalue weighted by Gasteiger charge is 2.18. The molecule has 4 rings (SSSR count). The molecule has 0 radical (unpaired) electrons. The average Bonchev–Trinajstić information content (AvgIpc) is 3.25. The molecule has 1 amide bonds. The molecule has 1 saturated heterocycles. The van der Waals surface area contributed by atoms with Crippen LogP contribution in [0, 0.1) is 13.8 Å². The molecular weight excluding hydrogens is 424 g/mol. The zero-order valence-electron chi connectivity index (χ0n) is 18.6. The zero-order chi connectivity index (χ0) is 22.5. The Bertz CT molecular complexity index is 1070. The first-order chi connectivity index (χ1) is 15.5. The van der Waals surface area contributed by atoms with Crippen LogP contribution in [-0.4, -0.2) is 60.0 Å². The Morgan fingerprint density at radius 3 is 2.53 bits per heavy atom. The molecular formula is C25H29ClN4O2. The number of carbonyl (C=O) groups is 1. The number of halogens is 1. The van der Waals surface area contributed by atoms with Gasteiger partial charge < -0.3 is 10.1 Å². The Hall–Kier alpha value is -2.67. The van der Waals surface area contributed by atoms with Crippen molar-refractivity contribution in [2.75, 3.05) is 39.4 Å². The maximum Gasteiger partial charge on any atom is 0.270 e. The fraction of sp³-hybridized carbons (Fsp3) is 0.360. The van der Waals surface area contributed by atoms with Gasteiger partial charge in [-0.15, -0.1) is 0 Å². The molecule has 1 aromatic heterocycles. The van der Waals surface area contributed by atoms with Crippen LogP contribution in [0.15, 0.2) is 48.5 Å². The SMILES string of the molecule is Cc1ccc(-c2cc(C(=O)NCCCN3CCOCC3)n(-c3ccc(Cl)cc3)n2)cc1C. The fourth-order valence-electron chi connectivity index (χ4n) is 3.78. The molecule has 1 aliphatic heterocycles. The molecule has 0 atom stereocenters. The van der Waals surface area contributed by atoms with Gasteiger partial charge >= 0.3 is 0 Å². The van der Waals surface area contributed by atoms with Crippen molar-refractivity contribution in [1.82, 2.24) is 20.0 Å². The Balaban J connectivity index is 1.53. The minimum atomic E-state index is -0.135. The third-order valence-electron chi connectivity index (χ3n) is 5.86. The first-order valence-corrected chi connectivity index (χ1v) is 11.4. The number of nitrogens with one attached hydrogen (secondary N) is 1. The van der Waals surface area contributed by atoms with Crippen molar-refractivity contribution in [2.45, 2.75) is 20.3 Å². The van der Waals surface area contributed by atoms with Crippen LogP contribution in [0.3, 0.4) is 0 Å². The number of aryl methyl sites for hydroxylation is 2. The molecule has 7 heteroatoms. The highest BCUT2D eigenvalue weighted by Crippen LogP contribution is 2.24. The molecule has 1 N–H and O–H groups in total. The minimum absolute atomic E-state index is 0.135. The van der Waals surface area contributed by atoms with E-state index in [1.165, 1.54) is 11.1 Å². The number of rotatable bonds is 7. The fourth-order valence-corrected chi connectivity index (χ4v) is 3.91. The van der Waals surface area contributed by atoms with Gasteiger partial charge in [0.1, 0.15) is 5.69 Å². The molecule has 0 saturated carbocycles. The standard InChI is InChI=1S/C25H29ClN4O2/c1-18-4-5-20(16-19(18)2)23-17-24(30(28-23)22-8-6-21(26)7-9-22)25(31)27-10-3-11-29-12-14-32-15-13-29/h4-9,16-17H,3,10-15H2,1-2H3,(H,27,31). The van der Waals surface area contributed by atoms with E-state index in [2.05, 4.69) is 36.2 Å². The van der Waals surface area contributed by atoms with E-state index in [4.69, 9.17) is 21.4 Å². The van der Waals surface area contributed by atoms with Gasteiger partial charge in [0.05, 0.1) is 24.6 Å². The van der Waals surface area contributed by atoms with Crippen LogP contribution in [0.1, 0.15) is 28.0 Å². The number of benzene rings is 2. The lowest BCUT2D eigenvalue weighted by atomic mass is 10.0. The van der Waals surface area contributed by atoms with Gasteiger partial charge in [-0.3, -0.25) is 9.69 Å². The highest BCUT2D eigenvalue weighted by molar-refractivity contribution is 6.30. The summed E-state index contributed by atoms with van der Waals surface area (Å²) in [4.78, 5) is 15.5. The van der Waals surface area contributed by atoms with Crippen molar-refractivity contribution in [3.8, 4) is 16.9 Å². The molecule has 2 aromatic carbocycles. The Labute approximate surface area is 194 Å². The molecule has 3 aromatic rings. The summed E-state index contributed by atoms with van der Waals surface area (Å²) in [6.07, 6.45) is 0.894. The van der Waals surface area contributed by atoms with E-state index in [9.17, 15) is 4.79 Å². The van der Waals surface area contributed by atoms with Crippen molar-refractivity contribution >= 4 is 17.5 Å². The second-order valence-electron chi connectivity index (χ2n) is 8.17. The van der Waals surface area contributed by atoms with Gasteiger partial charge in [-0.1, -0.05) is 23.7 Å². The summed E-state index contributed by atoms with van der Waals surface area (Å²) in [5, 5.41) is 8.47. The van der Waals surface area contributed by atoms with Gasteiger partial charge in [0.15, 0.2) is 0 Å². The predicted octanol–water partition coefficient (Wildman–Crippen LogP) is 4.26. The number of ether oxygens (including phenoxy) is 1. The summed E-state index contributed by atoms with van der Waals surface area (Å²) in [5.41, 5.74) is 5.47.